The number of ketones is 1. The van der Waals surface area contributed by atoms with Crippen LogP contribution in [0.25, 0.3) is 5.57 Å². The van der Waals surface area contributed by atoms with Crippen molar-refractivity contribution in [1.82, 2.24) is 4.98 Å². The second-order valence-corrected chi connectivity index (χ2v) is 3.82. The van der Waals surface area contributed by atoms with Crippen LogP contribution in [-0.2, 0) is 11.2 Å². The summed E-state index contributed by atoms with van der Waals surface area (Å²) in [7, 11) is 0. The molecule has 0 aliphatic heterocycles. The Morgan fingerprint density at radius 2 is 2.33 bits per heavy atom. The molecule has 0 aromatic carbocycles. The molecule has 78 valence electrons. The molecule has 1 aromatic rings. The summed E-state index contributed by atoms with van der Waals surface area (Å²) < 4.78 is 0. The average Bonchev–Trinajstić information content (AvgIpc) is 2.30. The Hall–Kier alpha value is -1.44. The van der Waals surface area contributed by atoms with E-state index in [-0.39, 0.29) is 5.78 Å². The first-order chi connectivity index (χ1) is 7.31. The molecule has 0 fully saturated rings. The number of carbonyl (C=O) groups excluding carboxylic acids is 1. The molecule has 0 saturated carbocycles. The Bertz CT molecular complexity index is 407. The molecule has 15 heavy (non-hydrogen) atoms. The van der Waals surface area contributed by atoms with E-state index in [1.54, 1.807) is 6.20 Å². The number of aromatic nitrogens is 1. The van der Waals surface area contributed by atoms with Crippen molar-refractivity contribution in [3.8, 4) is 0 Å². The first kappa shape index (κ1) is 10.1. The van der Waals surface area contributed by atoms with Crippen molar-refractivity contribution in [2.45, 2.75) is 32.6 Å². The van der Waals surface area contributed by atoms with Gasteiger partial charge in [-0.15, -0.1) is 0 Å². The van der Waals surface area contributed by atoms with E-state index in [1.165, 1.54) is 0 Å². The van der Waals surface area contributed by atoms with E-state index in [0.29, 0.717) is 6.42 Å². The molecule has 1 aliphatic rings. The van der Waals surface area contributed by atoms with Crippen LogP contribution in [0.15, 0.2) is 24.4 Å². The number of hydrogen-bond acceptors (Lipinski definition) is 2. The van der Waals surface area contributed by atoms with Gasteiger partial charge in [0.05, 0.1) is 0 Å². The van der Waals surface area contributed by atoms with Gasteiger partial charge in [0.2, 0.25) is 0 Å². The molecule has 1 heterocycles. The van der Waals surface area contributed by atoms with Crippen LogP contribution in [0.4, 0.5) is 0 Å². The summed E-state index contributed by atoms with van der Waals surface area (Å²) in [6.45, 7) is 2.07. The Morgan fingerprint density at radius 1 is 1.47 bits per heavy atom. The first-order valence-corrected chi connectivity index (χ1v) is 5.50. The van der Waals surface area contributed by atoms with Crippen molar-refractivity contribution < 1.29 is 4.79 Å². The summed E-state index contributed by atoms with van der Waals surface area (Å²) in [5.41, 5.74) is 2.97. The first-order valence-electron chi connectivity index (χ1n) is 5.50. The van der Waals surface area contributed by atoms with Crippen molar-refractivity contribution in [2.24, 2.45) is 0 Å². The van der Waals surface area contributed by atoms with Gasteiger partial charge in [0, 0.05) is 23.9 Å². The summed E-state index contributed by atoms with van der Waals surface area (Å²) in [5.74, 6) is 0.273. The molecular formula is C13H15NO. The zero-order valence-corrected chi connectivity index (χ0v) is 8.99. The van der Waals surface area contributed by atoms with Gasteiger partial charge < -0.3 is 0 Å². The SMILES string of the molecule is CCc1cc(C2=CCCCC2=O)ccn1. The third-order valence-corrected chi connectivity index (χ3v) is 2.75. The van der Waals surface area contributed by atoms with E-state index in [0.717, 1.165) is 36.1 Å². The van der Waals surface area contributed by atoms with Crippen molar-refractivity contribution >= 4 is 11.4 Å². The highest BCUT2D eigenvalue weighted by Crippen LogP contribution is 2.23. The Labute approximate surface area is 90.0 Å². The molecule has 0 N–H and O–H groups in total. The second kappa shape index (κ2) is 4.39. The Morgan fingerprint density at radius 3 is 3.07 bits per heavy atom. The molecule has 0 unspecified atom stereocenters. The van der Waals surface area contributed by atoms with Crippen molar-refractivity contribution in [3.05, 3.63) is 35.7 Å². The van der Waals surface area contributed by atoms with Crippen LogP contribution >= 0.6 is 0 Å². The quantitative estimate of drug-likeness (QED) is 0.736. The Balaban J connectivity index is 2.35. The number of carbonyl (C=O) groups is 1. The van der Waals surface area contributed by atoms with Crippen LogP contribution in [0.5, 0.6) is 0 Å². The van der Waals surface area contributed by atoms with Crippen molar-refractivity contribution in [2.75, 3.05) is 0 Å². The van der Waals surface area contributed by atoms with E-state index in [4.69, 9.17) is 0 Å². The second-order valence-electron chi connectivity index (χ2n) is 3.82. The highest BCUT2D eigenvalue weighted by Gasteiger charge is 2.15. The highest BCUT2D eigenvalue weighted by atomic mass is 16.1. The van der Waals surface area contributed by atoms with Gasteiger partial charge in [0.15, 0.2) is 5.78 Å². The fourth-order valence-corrected chi connectivity index (χ4v) is 1.88. The lowest BCUT2D eigenvalue weighted by atomic mass is 9.92. The van der Waals surface area contributed by atoms with Gasteiger partial charge in [0.25, 0.3) is 0 Å². The minimum absolute atomic E-state index is 0.273. The number of rotatable bonds is 2. The fourth-order valence-electron chi connectivity index (χ4n) is 1.88. The maximum Gasteiger partial charge on any atom is 0.163 e. The van der Waals surface area contributed by atoms with Crippen LogP contribution in [0.2, 0.25) is 0 Å². The summed E-state index contributed by atoms with van der Waals surface area (Å²) >= 11 is 0. The van der Waals surface area contributed by atoms with Gasteiger partial charge in [-0.05, 0) is 37.0 Å². The van der Waals surface area contributed by atoms with Crippen LogP contribution < -0.4 is 0 Å². The lowest BCUT2D eigenvalue weighted by Gasteiger charge is -2.12. The molecule has 0 atom stereocenters. The molecule has 2 rings (SSSR count). The van der Waals surface area contributed by atoms with Gasteiger partial charge in [0.1, 0.15) is 0 Å². The van der Waals surface area contributed by atoms with E-state index in [1.807, 2.05) is 12.1 Å². The molecule has 0 amide bonds. The summed E-state index contributed by atoms with van der Waals surface area (Å²) in [6, 6.07) is 3.95. The van der Waals surface area contributed by atoms with E-state index >= 15 is 0 Å². The molecule has 1 aliphatic carbocycles. The van der Waals surface area contributed by atoms with Crippen LogP contribution in [-0.4, -0.2) is 10.8 Å². The third kappa shape index (κ3) is 2.14. The van der Waals surface area contributed by atoms with Gasteiger partial charge >= 0.3 is 0 Å². The average molecular weight is 201 g/mol. The molecular weight excluding hydrogens is 186 g/mol. The molecule has 0 saturated heterocycles. The number of nitrogens with zero attached hydrogens (tertiary/aromatic N) is 1. The Kier molecular flexibility index (Phi) is 2.95. The molecule has 2 heteroatoms. The lowest BCUT2D eigenvalue weighted by molar-refractivity contribution is -0.114. The largest absolute Gasteiger partial charge is 0.294 e. The van der Waals surface area contributed by atoms with Gasteiger partial charge in [-0.3, -0.25) is 9.78 Å². The van der Waals surface area contributed by atoms with Crippen LogP contribution in [0, 0.1) is 0 Å². The van der Waals surface area contributed by atoms with E-state index < -0.39 is 0 Å². The lowest BCUT2D eigenvalue weighted by Crippen LogP contribution is -2.06. The maximum atomic E-state index is 11.7. The zero-order chi connectivity index (χ0) is 10.7. The smallest absolute Gasteiger partial charge is 0.163 e. The minimum Gasteiger partial charge on any atom is -0.294 e. The van der Waals surface area contributed by atoms with Crippen molar-refractivity contribution in [1.29, 1.82) is 0 Å². The maximum absolute atomic E-state index is 11.7. The minimum atomic E-state index is 0.273. The van der Waals surface area contributed by atoms with Gasteiger partial charge in [-0.2, -0.15) is 0 Å². The number of pyridine rings is 1. The predicted octanol–water partition coefficient (Wildman–Crippen LogP) is 2.78. The zero-order valence-electron chi connectivity index (χ0n) is 8.99. The van der Waals surface area contributed by atoms with Gasteiger partial charge in [-0.25, -0.2) is 0 Å². The number of allylic oxidation sites excluding steroid dienone is 2. The molecule has 1 aromatic heterocycles. The fraction of sp³-hybridized carbons (Fsp3) is 0.385. The molecule has 0 spiro atoms. The third-order valence-electron chi connectivity index (χ3n) is 2.75. The van der Waals surface area contributed by atoms with Crippen LogP contribution in [0.3, 0.4) is 0 Å². The summed E-state index contributed by atoms with van der Waals surface area (Å²) in [5, 5.41) is 0. The monoisotopic (exact) mass is 201 g/mol. The molecule has 2 nitrogen and oxygen atoms in total. The standard InChI is InChI=1S/C13H15NO/c1-2-11-9-10(7-8-14-11)12-5-3-4-6-13(12)15/h5,7-9H,2-4,6H2,1H3. The number of Topliss-reactive ketones (excluding diaryl/α,β-unsaturated/α-hetero) is 1. The normalized spacial score (nSPS) is 16.3. The summed E-state index contributed by atoms with van der Waals surface area (Å²) in [4.78, 5) is 15.9. The molecule has 0 radical (unpaired) electrons. The van der Waals surface area contributed by atoms with Gasteiger partial charge in [-0.1, -0.05) is 13.0 Å². The van der Waals surface area contributed by atoms with Crippen molar-refractivity contribution in [3.63, 3.8) is 0 Å². The predicted molar refractivity (Wildman–Crippen MR) is 60.5 cm³/mol. The number of hydrogen-bond donors (Lipinski definition) is 0. The van der Waals surface area contributed by atoms with E-state index in [2.05, 4.69) is 18.0 Å². The summed E-state index contributed by atoms with van der Waals surface area (Å²) in [6.07, 6.45) is 7.46. The molecule has 0 bridgehead atoms. The topological polar surface area (TPSA) is 30.0 Å². The van der Waals surface area contributed by atoms with E-state index in [9.17, 15) is 4.79 Å². The highest BCUT2D eigenvalue weighted by molar-refractivity contribution is 6.21. The number of aryl methyl sites for hydroxylation is 1. The van der Waals surface area contributed by atoms with Crippen LogP contribution in [0.1, 0.15) is 37.4 Å².